The zero-order valence-corrected chi connectivity index (χ0v) is 17.4. The van der Waals surface area contributed by atoms with Gasteiger partial charge in [-0.2, -0.15) is 0 Å². The fourth-order valence-electron chi connectivity index (χ4n) is 2.87. The van der Waals surface area contributed by atoms with Crippen LogP contribution in [0.25, 0.3) is 21.5 Å². The summed E-state index contributed by atoms with van der Waals surface area (Å²) in [6.45, 7) is 0. The van der Waals surface area contributed by atoms with E-state index in [4.69, 9.17) is 28.9 Å². The van der Waals surface area contributed by atoms with E-state index in [2.05, 4.69) is 10.3 Å². The smallest absolute Gasteiger partial charge is 0.289 e. The maximum atomic E-state index is 12.7. The van der Waals surface area contributed by atoms with Crippen molar-refractivity contribution in [3.8, 4) is 11.3 Å². The lowest BCUT2D eigenvalue weighted by molar-refractivity contribution is -0.384. The van der Waals surface area contributed by atoms with E-state index in [-0.39, 0.29) is 21.3 Å². The molecule has 2 heterocycles. The Labute approximate surface area is 184 Å². The Morgan fingerprint density at radius 3 is 2.53 bits per heavy atom. The number of hydrogen-bond donors (Lipinski definition) is 2. The molecule has 30 heavy (non-hydrogen) atoms. The minimum absolute atomic E-state index is 0.0155. The predicted molar refractivity (Wildman–Crippen MR) is 121 cm³/mol. The number of nitrogens with two attached hydrogens (primary N) is 1. The molecule has 1 amide bonds. The van der Waals surface area contributed by atoms with E-state index in [1.807, 2.05) is 24.3 Å². The molecule has 0 fully saturated rings. The topological polar surface area (TPSA) is 111 Å². The molecule has 0 aliphatic carbocycles. The molecule has 0 aliphatic rings. The highest BCUT2D eigenvalue weighted by molar-refractivity contribution is 7.21. The number of nitro groups is 1. The Kier molecular flexibility index (Phi) is 5.29. The highest BCUT2D eigenvalue weighted by Gasteiger charge is 2.20. The fraction of sp³-hybridized carbons (Fsp3) is 0. The number of amides is 1. The molecule has 0 atom stereocenters. The molecule has 4 aromatic rings. The third-order valence-electron chi connectivity index (χ3n) is 4.34. The quantitative estimate of drug-likeness (QED) is 0.287. The SMILES string of the molecule is Nc1c(C(=O)Nc2ccc(Cl)c([N+](=O)[O-])c2)sc2nc(-c3ccc(Cl)cc3)ccc12. The molecule has 150 valence electrons. The first-order valence-corrected chi connectivity index (χ1v) is 10.1. The van der Waals surface area contributed by atoms with Crippen LogP contribution in [0.3, 0.4) is 0 Å². The van der Waals surface area contributed by atoms with Crippen LogP contribution in [0.4, 0.5) is 17.1 Å². The van der Waals surface area contributed by atoms with Crippen LogP contribution >= 0.6 is 34.5 Å². The van der Waals surface area contributed by atoms with Crippen LogP contribution in [-0.2, 0) is 0 Å². The Morgan fingerprint density at radius 1 is 1.10 bits per heavy atom. The minimum atomic E-state index is -0.617. The molecule has 0 bridgehead atoms. The highest BCUT2D eigenvalue weighted by atomic mass is 35.5. The van der Waals surface area contributed by atoms with Gasteiger partial charge in [0.1, 0.15) is 14.7 Å². The van der Waals surface area contributed by atoms with Gasteiger partial charge in [-0.1, -0.05) is 35.3 Å². The van der Waals surface area contributed by atoms with Gasteiger partial charge in [0.15, 0.2) is 0 Å². The number of aromatic nitrogens is 1. The number of hydrogen-bond acceptors (Lipinski definition) is 6. The summed E-state index contributed by atoms with van der Waals surface area (Å²) >= 11 is 12.9. The predicted octanol–water partition coefficient (Wildman–Crippen LogP) is 6.01. The van der Waals surface area contributed by atoms with Crippen molar-refractivity contribution < 1.29 is 9.72 Å². The highest BCUT2D eigenvalue weighted by Crippen LogP contribution is 2.35. The van der Waals surface area contributed by atoms with Crippen LogP contribution in [0, 0.1) is 10.1 Å². The van der Waals surface area contributed by atoms with E-state index in [0.717, 1.165) is 22.6 Å². The molecule has 4 rings (SSSR count). The van der Waals surface area contributed by atoms with Gasteiger partial charge in [-0.3, -0.25) is 14.9 Å². The molecule has 0 unspecified atom stereocenters. The van der Waals surface area contributed by atoms with Crippen LogP contribution in [0.5, 0.6) is 0 Å². The van der Waals surface area contributed by atoms with Crippen molar-refractivity contribution in [1.82, 2.24) is 4.98 Å². The number of nitro benzene ring substituents is 1. The number of anilines is 2. The van der Waals surface area contributed by atoms with Crippen LogP contribution in [0.1, 0.15) is 9.67 Å². The first-order valence-electron chi connectivity index (χ1n) is 8.54. The van der Waals surface area contributed by atoms with Gasteiger partial charge in [-0.25, -0.2) is 4.98 Å². The van der Waals surface area contributed by atoms with Gasteiger partial charge in [-0.05, 0) is 36.4 Å². The van der Waals surface area contributed by atoms with Gasteiger partial charge in [0, 0.05) is 27.7 Å². The minimum Gasteiger partial charge on any atom is -0.397 e. The summed E-state index contributed by atoms with van der Waals surface area (Å²) in [4.78, 5) is 28.6. The number of nitrogen functional groups attached to an aromatic ring is 1. The summed E-state index contributed by atoms with van der Waals surface area (Å²) in [5.74, 6) is -0.486. The molecule has 0 spiro atoms. The molecular formula is C20H12Cl2N4O3S. The van der Waals surface area contributed by atoms with Gasteiger partial charge in [0.25, 0.3) is 11.6 Å². The average molecular weight is 459 g/mol. The number of pyridine rings is 1. The van der Waals surface area contributed by atoms with Crippen molar-refractivity contribution in [3.63, 3.8) is 0 Å². The Morgan fingerprint density at radius 2 is 1.83 bits per heavy atom. The summed E-state index contributed by atoms with van der Waals surface area (Å²) in [6.07, 6.45) is 0. The summed E-state index contributed by atoms with van der Waals surface area (Å²) in [7, 11) is 0. The number of rotatable bonds is 4. The van der Waals surface area contributed by atoms with Crippen molar-refractivity contribution in [2.24, 2.45) is 0 Å². The molecular weight excluding hydrogens is 447 g/mol. The second kappa shape index (κ2) is 7.91. The van der Waals surface area contributed by atoms with E-state index in [1.54, 1.807) is 12.1 Å². The van der Waals surface area contributed by atoms with Gasteiger partial charge in [0.2, 0.25) is 0 Å². The van der Waals surface area contributed by atoms with E-state index in [0.29, 0.717) is 20.9 Å². The van der Waals surface area contributed by atoms with Crippen molar-refractivity contribution in [3.05, 3.63) is 79.6 Å². The molecule has 0 aliphatic heterocycles. The number of nitrogens with zero attached hydrogens (tertiary/aromatic N) is 2. The molecule has 0 saturated carbocycles. The van der Waals surface area contributed by atoms with E-state index in [1.165, 1.54) is 18.2 Å². The van der Waals surface area contributed by atoms with Crippen LogP contribution in [-0.4, -0.2) is 15.8 Å². The van der Waals surface area contributed by atoms with Crippen LogP contribution in [0.2, 0.25) is 10.0 Å². The second-order valence-electron chi connectivity index (χ2n) is 6.28. The van der Waals surface area contributed by atoms with Crippen molar-refractivity contribution in [2.45, 2.75) is 0 Å². The standard InChI is InChI=1S/C20H12Cl2N4O3S/c21-11-3-1-10(2-4-11)15-8-6-13-17(23)18(30-20(13)25-15)19(27)24-12-5-7-14(22)16(9-12)26(28)29/h1-9H,23H2,(H,24,27). The van der Waals surface area contributed by atoms with E-state index >= 15 is 0 Å². The molecule has 0 radical (unpaired) electrons. The molecule has 2 aromatic carbocycles. The van der Waals surface area contributed by atoms with Gasteiger partial charge in [-0.15, -0.1) is 11.3 Å². The van der Waals surface area contributed by atoms with E-state index in [9.17, 15) is 14.9 Å². The molecule has 10 heteroatoms. The largest absolute Gasteiger partial charge is 0.397 e. The molecule has 0 saturated heterocycles. The van der Waals surface area contributed by atoms with Crippen LogP contribution < -0.4 is 11.1 Å². The third kappa shape index (κ3) is 3.80. The van der Waals surface area contributed by atoms with Crippen molar-refractivity contribution >= 4 is 67.7 Å². The zero-order chi connectivity index (χ0) is 21.4. The summed E-state index contributed by atoms with van der Waals surface area (Å²) < 4.78 is 0. The summed E-state index contributed by atoms with van der Waals surface area (Å²) in [5.41, 5.74) is 8.01. The van der Waals surface area contributed by atoms with Crippen molar-refractivity contribution in [2.75, 3.05) is 11.1 Å². The Bertz CT molecular complexity index is 1310. The first kappa shape index (κ1) is 20.1. The molecule has 7 nitrogen and oxygen atoms in total. The number of thiophene rings is 1. The summed E-state index contributed by atoms with van der Waals surface area (Å²) in [6, 6.07) is 14.9. The lowest BCUT2D eigenvalue weighted by atomic mass is 10.1. The third-order valence-corrected chi connectivity index (χ3v) is 6.03. The maximum Gasteiger partial charge on any atom is 0.289 e. The van der Waals surface area contributed by atoms with Gasteiger partial charge in [0.05, 0.1) is 16.3 Å². The zero-order valence-electron chi connectivity index (χ0n) is 15.1. The molecule has 3 N–H and O–H groups in total. The van der Waals surface area contributed by atoms with Gasteiger partial charge >= 0.3 is 0 Å². The monoisotopic (exact) mass is 458 g/mol. The molecule has 2 aromatic heterocycles. The number of carbonyl (C=O) groups excluding carboxylic acids is 1. The number of nitrogens with one attached hydrogen (secondary N) is 1. The number of benzene rings is 2. The summed E-state index contributed by atoms with van der Waals surface area (Å²) in [5, 5.41) is 14.9. The van der Waals surface area contributed by atoms with E-state index < -0.39 is 10.8 Å². The normalized spacial score (nSPS) is 10.9. The van der Waals surface area contributed by atoms with Gasteiger partial charge < -0.3 is 11.1 Å². The lowest BCUT2D eigenvalue weighted by Crippen LogP contribution is -2.12. The number of fused-ring (bicyclic) bond motifs is 1. The average Bonchev–Trinajstić information content (AvgIpc) is 3.06. The number of carbonyl (C=O) groups is 1. The first-order chi connectivity index (χ1) is 14.3. The van der Waals surface area contributed by atoms with Crippen molar-refractivity contribution in [1.29, 1.82) is 0 Å². The maximum absolute atomic E-state index is 12.7. The number of halogens is 2. The fourth-order valence-corrected chi connectivity index (χ4v) is 4.17. The van der Waals surface area contributed by atoms with Crippen LogP contribution in [0.15, 0.2) is 54.6 Å². The lowest BCUT2D eigenvalue weighted by Gasteiger charge is -2.05. The Hall–Kier alpha value is -3.20. The Balaban J connectivity index is 1.66. The second-order valence-corrected chi connectivity index (χ2v) is 8.12.